The van der Waals surface area contributed by atoms with Crippen molar-refractivity contribution in [3.8, 4) is 0 Å². The molecular weight excluding hydrogens is 635 g/mol. The van der Waals surface area contributed by atoms with Crippen LogP contribution in [0.5, 0.6) is 0 Å². The minimum atomic E-state index is -4.66. The van der Waals surface area contributed by atoms with E-state index < -0.39 is 90.0 Å². The lowest BCUT2D eigenvalue weighted by atomic mass is 9.84. The van der Waals surface area contributed by atoms with Gasteiger partial charge in [-0.15, -0.1) is 6.58 Å². The van der Waals surface area contributed by atoms with E-state index in [0.29, 0.717) is 12.3 Å². The number of amides is 5. The van der Waals surface area contributed by atoms with E-state index in [2.05, 4.69) is 27.8 Å². The van der Waals surface area contributed by atoms with Gasteiger partial charge in [0.15, 0.2) is 0 Å². The van der Waals surface area contributed by atoms with Gasteiger partial charge in [-0.05, 0) is 54.8 Å². The van der Waals surface area contributed by atoms with Crippen LogP contribution in [0.3, 0.4) is 0 Å². The summed E-state index contributed by atoms with van der Waals surface area (Å²) in [7, 11) is 0. The van der Waals surface area contributed by atoms with Crippen LogP contribution in [-0.2, 0) is 28.7 Å². The van der Waals surface area contributed by atoms with Gasteiger partial charge in [-0.2, -0.15) is 13.2 Å². The van der Waals surface area contributed by atoms with Gasteiger partial charge in [0.2, 0.25) is 17.6 Å². The Labute approximate surface area is 280 Å². The first-order valence-corrected chi connectivity index (χ1v) is 16.5. The molecule has 0 spiro atoms. The van der Waals surface area contributed by atoms with Gasteiger partial charge in [-0.3, -0.25) is 19.2 Å². The number of hydrogen-bond acceptors (Lipinski definition) is 7. The van der Waals surface area contributed by atoms with Crippen LogP contribution in [0.2, 0.25) is 0 Å². The number of alkyl halides is 3. The van der Waals surface area contributed by atoms with Crippen LogP contribution in [0.25, 0.3) is 0 Å². The Morgan fingerprint density at radius 1 is 0.958 bits per heavy atom. The monoisotopic (exact) mass is 687 g/mol. The van der Waals surface area contributed by atoms with Crippen molar-refractivity contribution >= 4 is 35.5 Å². The molecule has 0 bridgehead atoms. The number of nitrogens with one attached hydrogen (secondary N) is 4. The molecule has 0 aromatic heterocycles. The number of hydrogen-bond donors (Lipinski definition) is 4. The van der Waals surface area contributed by atoms with Crippen molar-refractivity contribution in [1.29, 1.82) is 0 Å². The average molecular weight is 688 g/mol. The summed E-state index contributed by atoms with van der Waals surface area (Å²) in [6.45, 7) is 15.9. The Kier molecular flexibility index (Phi) is 14.5. The Morgan fingerprint density at radius 3 is 2.08 bits per heavy atom. The maximum Gasteiger partial charge on any atom is 0.389 e. The number of urea groups is 1. The Balaban J connectivity index is 2.32. The van der Waals surface area contributed by atoms with E-state index in [1.807, 2.05) is 13.8 Å². The van der Waals surface area contributed by atoms with Gasteiger partial charge in [-0.25, -0.2) is 9.59 Å². The zero-order chi connectivity index (χ0) is 36.6. The van der Waals surface area contributed by atoms with Gasteiger partial charge in [0.1, 0.15) is 18.1 Å². The number of esters is 1. The highest BCUT2D eigenvalue weighted by Crippen LogP contribution is 2.34. The normalized spacial score (nSPS) is 20.0. The maximum atomic E-state index is 14.2. The van der Waals surface area contributed by atoms with Crippen molar-refractivity contribution in [2.75, 3.05) is 19.7 Å². The highest BCUT2D eigenvalue weighted by molar-refractivity contribution is 6.38. The molecule has 2 unspecified atom stereocenters. The molecule has 1 heterocycles. The average Bonchev–Trinajstić information content (AvgIpc) is 3.70. The minimum absolute atomic E-state index is 0.0960. The summed E-state index contributed by atoms with van der Waals surface area (Å²) in [5, 5.41) is 9.83. The predicted molar refractivity (Wildman–Crippen MR) is 171 cm³/mol. The quantitative estimate of drug-likeness (QED) is 0.110. The van der Waals surface area contributed by atoms with Gasteiger partial charge in [0, 0.05) is 19.5 Å². The van der Waals surface area contributed by atoms with E-state index in [1.54, 1.807) is 34.6 Å². The number of rotatable bonds is 16. The number of Topliss-reactive ketones (excluding diaryl/α,β-unsaturated/α-hetero) is 1. The molecule has 5 atom stereocenters. The second kappa shape index (κ2) is 17.1. The second-order valence-corrected chi connectivity index (χ2v) is 14.5. The summed E-state index contributed by atoms with van der Waals surface area (Å²) in [6, 6.07) is -5.98. The van der Waals surface area contributed by atoms with Crippen LogP contribution in [0.4, 0.5) is 18.0 Å². The fraction of sp³-hybridized carbons (Fsp3) is 0.758. The smallest absolute Gasteiger partial charge is 0.389 e. The van der Waals surface area contributed by atoms with E-state index in [1.165, 1.54) is 11.0 Å². The van der Waals surface area contributed by atoms with Crippen LogP contribution >= 0.6 is 0 Å². The highest BCUT2D eigenvalue weighted by atomic mass is 19.4. The first kappa shape index (κ1) is 40.5. The fourth-order valence-corrected chi connectivity index (χ4v) is 5.54. The summed E-state index contributed by atoms with van der Waals surface area (Å²) < 4.78 is 44.8. The molecule has 1 aliphatic heterocycles. The van der Waals surface area contributed by atoms with Gasteiger partial charge < -0.3 is 30.9 Å². The van der Waals surface area contributed by atoms with Crippen LogP contribution < -0.4 is 21.3 Å². The molecular formula is C33H52F3N5O7. The standard InChI is InChI=1S/C33H52F3N5O7/c1-9-15-37-28(44)25(42)22(12-14-33(34,35)36)38-27(43)24-21(18(2)3)13-16-41(24)29(45)26(32(6,7)8)40-31(47)39-23(19(4)5)30(46)48-17-20-10-11-20/h9,18-24,26H,1,10-17H2,2-8H3,(H,37,44)(H,38,43)(H2,39,40,47)/t21?,22?,23-,24-,26+/m0/s1. The summed E-state index contributed by atoms with van der Waals surface area (Å²) in [6.07, 6.45) is -3.37. The van der Waals surface area contributed by atoms with Gasteiger partial charge in [0.25, 0.3) is 5.91 Å². The number of nitrogens with zero attached hydrogens (tertiary/aromatic N) is 1. The third-order valence-corrected chi connectivity index (χ3v) is 8.59. The van der Waals surface area contributed by atoms with Gasteiger partial charge >= 0.3 is 18.2 Å². The number of ketones is 1. The van der Waals surface area contributed by atoms with E-state index >= 15 is 0 Å². The van der Waals surface area contributed by atoms with Crippen molar-refractivity contribution in [2.24, 2.45) is 29.1 Å². The highest BCUT2D eigenvalue weighted by Gasteiger charge is 2.48. The molecule has 1 saturated carbocycles. The Hall–Kier alpha value is -3.65. The molecule has 0 aromatic carbocycles. The van der Waals surface area contributed by atoms with E-state index in [0.717, 1.165) is 12.8 Å². The molecule has 4 N–H and O–H groups in total. The molecule has 1 aliphatic carbocycles. The van der Waals surface area contributed by atoms with Crippen molar-refractivity contribution in [3.63, 3.8) is 0 Å². The van der Waals surface area contributed by atoms with Gasteiger partial charge in [0.05, 0.1) is 12.6 Å². The number of carbonyl (C=O) groups is 6. The van der Waals surface area contributed by atoms with Crippen LogP contribution in [-0.4, -0.2) is 90.4 Å². The lowest BCUT2D eigenvalue weighted by molar-refractivity contribution is -0.147. The molecule has 0 aromatic rings. The first-order valence-electron chi connectivity index (χ1n) is 16.5. The first-order chi connectivity index (χ1) is 22.2. The predicted octanol–water partition coefficient (Wildman–Crippen LogP) is 3.25. The minimum Gasteiger partial charge on any atom is -0.464 e. The van der Waals surface area contributed by atoms with Crippen LogP contribution in [0, 0.1) is 29.1 Å². The van der Waals surface area contributed by atoms with Crippen LogP contribution in [0.15, 0.2) is 12.7 Å². The summed E-state index contributed by atoms with van der Waals surface area (Å²) in [4.78, 5) is 80.5. The molecule has 12 nitrogen and oxygen atoms in total. The van der Waals surface area contributed by atoms with E-state index in [-0.39, 0.29) is 31.5 Å². The molecule has 0 radical (unpaired) electrons. The van der Waals surface area contributed by atoms with Crippen molar-refractivity contribution in [3.05, 3.63) is 12.7 Å². The maximum absolute atomic E-state index is 14.2. The summed E-state index contributed by atoms with van der Waals surface area (Å²) in [5.74, 6) is -5.13. The topological polar surface area (TPSA) is 163 Å². The number of ether oxygens (including phenoxy) is 1. The molecule has 15 heteroatoms. The largest absolute Gasteiger partial charge is 0.464 e. The third-order valence-electron chi connectivity index (χ3n) is 8.59. The molecule has 2 rings (SSSR count). The summed E-state index contributed by atoms with van der Waals surface area (Å²) >= 11 is 0. The van der Waals surface area contributed by atoms with Crippen LogP contribution in [0.1, 0.15) is 80.6 Å². The molecule has 2 fully saturated rings. The fourth-order valence-electron chi connectivity index (χ4n) is 5.54. The van der Waals surface area contributed by atoms with E-state index in [4.69, 9.17) is 4.74 Å². The lowest BCUT2D eigenvalue weighted by Gasteiger charge is -2.37. The summed E-state index contributed by atoms with van der Waals surface area (Å²) in [5.41, 5.74) is -0.889. The molecule has 2 aliphatic rings. The van der Waals surface area contributed by atoms with Crippen molar-refractivity contribution < 1.29 is 46.7 Å². The second-order valence-electron chi connectivity index (χ2n) is 14.5. The zero-order valence-electron chi connectivity index (χ0n) is 29.0. The third kappa shape index (κ3) is 12.1. The van der Waals surface area contributed by atoms with Crippen molar-refractivity contribution in [1.82, 2.24) is 26.2 Å². The lowest BCUT2D eigenvalue weighted by Crippen LogP contribution is -2.62. The van der Waals surface area contributed by atoms with Gasteiger partial charge in [-0.1, -0.05) is 54.5 Å². The Bertz CT molecular complexity index is 1200. The number of likely N-dealkylation sites (tertiary alicyclic amines) is 1. The molecule has 272 valence electrons. The van der Waals surface area contributed by atoms with Crippen molar-refractivity contribution in [2.45, 2.75) is 111 Å². The number of carbonyl (C=O) groups excluding carboxylic acids is 6. The van der Waals surface area contributed by atoms with E-state index in [9.17, 15) is 41.9 Å². The molecule has 5 amide bonds. The Morgan fingerprint density at radius 2 is 1.58 bits per heavy atom. The zero-order valence-corrected chi connectivity index (χ0v) is 29.0. The SMILES string of the molecule is C=CCNC(=O)C(=O)C(CCC(F)(F)F)NC(=O)[C@@H]1C(C(C)C)CCN1C(=O)[C@@H](NC(=O)N[C@H](C(=O)OCC1CC1)C(C)C)C(C)(C)C. The molecule has 48 heavy (non-hydrogen) atoms. The molecule has 1 saturated heterocycles. The number of halogens is 3.